The molecule has 14 heavy (non-hydrogen) atoms. The lowest BCUT2D eigenvalue weighted by Crippen LogP contribution is -2.16. The van der Waals surface area contributed by atoms with Crippen molar-refractivity contribution >= 4 is 17.6 Å². The Balaban J connectivity index is 2.57. The maximum Gasteiger partial charge on any atom is 0.223 e. The van der Waals surface area contributed by atoms with Crippen molar-refractivity contribution in [3.8, 4) is 0 Å². The molecule has 2 heterocycles. The van der Waals surface area contributed by atoms with Gasteiger partial charge in [0.05, 0.1) is 0 Å². The Kier molecular flexibility index (Phi) is 1.94. The zero-order valence-electron chi connectivity index (χ0n) is 8.78. The van der Waals surface area contributed by atoms with Crippen molar-refractivity contribution in [2.75, 3.05) is 43.2 Å². The largest absolute Gasteiger partial charge is 0.368 e. The Morgan fingerprint density at radius 1 is 1.36 bits per heavy atom. The van der Waals surface area contributed by atoms with Crippen LogP contribution >= 0.6 is 0 Å². The van der Waals surface area contributed by atoms with Gasteiger partial charge < -0.3 is 15.5 Å². The lowest BCUT2D eigenvalue weighted by atomic mass is 10.2. The predicted octanol–water partition coefficient (Wildman–Crippen LogP) is 0.117. The van der Waals surface area contributed by atoms with Gasteiger partial charge in [-0.15, -0.1) is 0 Å². The number of aromatic nitrogens is 2. The van der Waals surface area contributed by atoms with Crippen LogP contribution in [0.15, 0.2) is 0 Å². The average Bonchev–Trinajstić information content (AvgIpc) is 2.47. The van der Waals surface area contributed by atoms with E-state index in [-0.39, 0.29) is 0 Å². The molecule has 5 heteroatoms. The minimum absolute atomic E-state index is 0.348. The van der Waals surface area contributed by atoms with Crippen LogP contribution in [0.25, 0.3) is 0 Å². The quantitative estimate of drug-likeness (QED) is 0.686. The second-order valence-corrected chi connectivity index (χ2v) is 3.77. The lowest BCUT2D eigenvalue weighted by molar-refractivity contribution is 0.944. The molecule has 0 aliphatic carbocycles. The average molecular weight is 193 g/mol. The molecule has 0 saturated carbocycles. The summed E-state index contributed by atoms with van der Waals surface area (Å²) in [5, 5.41) is 0. The van der Waals surface area contributed by atoms with Crippen LogP contribution in [0.5, 0.6) is 0 Å². The third-order valence-corrected chi connectivity index (χ3v) is 2.46. The lowest BCUT2D eigenvalue weighted by Gasteiger charge is -2.16. The minimum atomic E-state index is 0.348. The molecule has 1 aromatic rings. The summed E-state index contributed by atoms with van der Waals surface area (Å²) in [6, 6.07) is 0. The fourth-order valence-corrected chi connectivity index (χ4v) is 1.77. The standard InChI is InChI=1S/C9H15N5/c1-13(2)7-6-4-5-14(3)8(6)12-9(10)11-7/h4-5H2,1-3H3,(H2,10,11,12). The van der Waals surface area contributed by atoms with Gasteiger partial charge in [0.15, 0.2) is 0 Å². The molecule has 2 rings (SSSR count). The van der Waals surface area contributed by atoms with E-state index in [4.69, 9.17) is 5.73 Å². The molecule has 76 valence electrons. The molecule has 1 aliphatic rings. The third-order valence-electron chi connectivity index (χ3n) is 2.46. The first-order valence-electron chi connectivity index (χ1n) is 4.64. The van der Waals surface area contributed by atoms with Crippen molar-refractivity contribution in [2.24, 2.45) is 0 Å². The molecule has 1 aromatic heterocycles. The second-order valence-electron chi connectivity index (χ2n) is 3.77. The zero-order chi connectivity index (χ0) is 10.3. The molecule has 0 radical (unpaired) electrons. The second kappa shape index (κ2) is 3.01. The molecule has 0 amide bonds. The molecule has 0 saturated heterocycles. The number of anilines is 3. The molecule has 5 nitrogen and oxygen atoms in total. The van der Waals surface area contributed by atoms with Crippen LogP contribution in [0.2, 0.25) is 0 Å². The van der Waals surface area contributed by atoms with E-state index in [1.54, 1.807) is 0 Å². The Morgan fingerprint density at radius 2 is 2.07 bits per heavy atom. The molecule has 0 bridgehead atoms. The molecular formula is C9H15N5. The van der Waals surface area contributed by atoms with E-state index < -0.39 is 0 Å². The van der Waals surface area contributed by atoms with Crippen LogP contribution in [0.4, 0.5) is 17.6 Å². The van der Waals surface area contributed by atoms with Crippen molar-refractivity contribution in [2.45, 2.75) is 6.42 Å². The van der Waals surface area contributed by atoms with Crippen molar-refractivity contribution in [1.82, 2.24) is 9.97 Å². The van der Waals surface area contributed by atoms with Gasteiger partial charge in [-0.1, -0.05) is 0 Å². The summed E-state index contributed by atoms with van der Waals surface area (Å²) in [4.78, 5) is 12.6. The summed E-state index contributed by atoms with van der Waals surface area (Å²) < 4.78 is 0. The highest BCUT2D eigenvalue weighted by molar-refractivity contribution is 5.65. The van der Waals surface area contributed by atoms with Gasteiger partial charge in [-0.05, 0) is 6.42 Å². The maximum absolute atomic E-state index is 5.66. The number of nitrogen functional groups attached to an aromatic ring is 1. The topological polar surface area (TPSA) is 58.3 Å². The van der Waals surface area contributed by atoms with E-state index in [1.807, 2.05) is 26.0 Å². The Morgan fingerprint density at radius 3 is 2.71 bits per heavy atom. The van der Waals surface area contributed by atoms with Gasteiger partial charge in [0.2, 0.25) is 5.95 Å². The Bertz CT molecular complexity index is 360. The number of nitrogens with two attached hydrogens (primary N) is 1. The smallest absolute Gasteiger partial charge is 0.223 e. The van der Waals surface area contributed by atoms with E-state index >= 15 is 0 Å². The Labute approximate surface area is 83.5 Å². The first-order valence-corrected chi connectivity index (χ1v) is 4.64. The Hall–Kier alpha value is -1.52. The molecule has 0 unspecified atom stereocenters. The molecule has 0 aromatic carbocycles. The van der Waals surface area contributed by atoms with E-state index in [0.29, 0.717) is 5.95 Å². The van der Waals surface area contributed by atoms with Gasteiger partial charge in [-0.25, -0.2) is 0 Å². The fourth-order valence-electron chi connectivity index (χ4n) is 1.77. The summed E-state index contributed by atoms with van der Waals surface area (Å²) in [5.74, 6) is 2.26. The van der Waals surface area contributed by atoms with Gasteiger partial charge in [0.1, 0.15) is 11.6 Å². The van der Waals surface area contributed by atoms with Crippen molar-refractivity contribution in [1.29, 1.82) is 0 Å². The SMILES string of the molecule is CN(C)c1nc(N)nc2c1CCN2C. The molecule has 2 N–H and O–H groups in total. The molecule has 0 spiro atoms. The number of rotatable bonds is 1. The van der Waals surface area contributed by atoms with E-state index in [2.05, 4.69) is 14.9 Å². The first kappa shape index (κ1) is 9.05. The summed E-state index contributed by atoms with van der Waals surface area (Å²) in [7, 11) is 5.97. The number of nitrogens with zero attached hydrogens (tertiary/aromatic N) is 4. The van der Waals surface area contributed by atoms with Gasteiger partial charge in [0, 0.05) is 33.3 Å². The maximum atomic E-state index is 5.66. The summed E-state index contributed by atoms with van der Waals surface area (Å²) in [6.45, 7) is 0.994. The van der Waals surface area contributed by atoms with Crippen LogP contribution in [0.3, 0.4) is 0 Å². The monoisotopic (exact) mass is 193 g/mol. The van der Waals surface area contributed by atoms with Gasteiger partial charge in [-0.3, -0.25) is 0 Å². The summed E-state index contributed by atoms with van der Waals surface area (Å²) >= 11 is 0. The van der Waals surface area contributed by atoms with Crippen molar-refractivity contribution in [3.05, 3.63) is 5.56 Å². The fraction of sp³-hybridized carbons (Fsp3) is 0.556. The van der Waals surface area contributed by atoms with Crippen molar-refractivity contribution in [3.63, 3.8) is 0 Å². The third kappa shape index (κ3) is 1.25. The van der Waals surface area contributed by atoms with Crippen LogP contribution in [-0.4, -0.2) is 37.7 Å². The van der Waals surface area contributed by atoms with E-state index in [0.717, 1.165) is 24.6 Å². The summed E-state index contributed by atoms with van der Waals surface area (Å²) in [5.41, 5.74) is 6.86. The normalized spacial score (nSPS) is 14.4. The number of hydrogen-bond acceptors (Lipinski definition) is 5. The molecule has 0 atom stereocenters. The van der Waals surface area contributed by atoms with E-state index in [9.17, 15) is 0 Å². The molecule has 1 aliphatic heterocycles. The molecule has 0 fully saturated rings. The van der Waals surface area contributed by atoms with E-state index in [1.165, 1.54) is 5.56 Å². The highest BCUT2D eigenvalue weighted by Crippen LogP contribution is 2.31. The number of fused-ring (bicyclic) bond motifs is 1. The highest BCUT2D eigenvalue weighted by Gasteiger charge is 2.23. The van der Waals surface area contributed by atoms with Crippen LogP contribution in [0.1, 0.15) is 5.56 Å². The van der Waals surface area contributed by atoms with Gasteiger partial charge in [-0.2, -0.15) is 9.97 Å². The van der Waals surface area contributed by atoms with Crippen LogP contribution in [-0.2, 0) is 6.42 Å². The number of likely N-dealkylation sites (N-methyl/N-ethyl adjacent to an activating group) is 1. The molecular weight excluding hydrogens is 178 g/mol. The minimum Gasteiger partial charge on any atom is -0.368 e. The van der Waals surface area contributed by atoms with Gasteiger partial charge in [0.25, 0.3) is 0 Å². The predicted molar refractivity (Wildman–Crippen MR) is 57.7 cm³/mol. The van der Waals surface area contributed by atoms with Crippen LogP contribution in [0, 0.1) is 0 Å². The first-order chi connectivity index (χ1) is 6.59. The highest BCUT2D eigenvalue weighted by atomic mass is 15.2. The summed E-state index contributed by atoms with van der Waals surface area (Å²) in [6.07, 6.45) is 1.000. The van der Waals surface area contributed by atoms with Crippen molar-refractivity contribution < 1.29 is 0 Å². The zero-order valence-corrected chi connectivity index (χ0v) is 8.78. The van der Waals surface area contributed by atoms with Gasteiger partial charge >= 0.3 is 0 Å². The number of hydrogen-bond donors (Lipinski definition) is 1. The van der Waals surface area contributed by atoms with Crippen LogP contribution < -0.4 is 15.5 Å².